The Kier molecular flexibility index (Phi) is 12.8. The molecule has 0 spiro atoms. The lowest BCUT2D eigenvalue weighted by Crippen LogP contribution is -2.30. The maximum absolute atomic E-state index is 12.3. The van der Waals surface area contributed by atoms with Crippen molar-refractivity contribution >= 4 is 5.91 Å². The molecule has 170 valence electrons. The van der Waals surface area contributed by atoms with E-state index in [1.807, 2.05) is 4.90 Å². The monoisotopic (exact) mass is 410 g/mol. The lowest BCUT2D eigenvalue weighted by molar-refractivity contribution is -0.130. The molecule has 0 aromatic carbocycles. The van der Waals surface area contributed by atoms with Gasteiger partial charge in [0.2, 0.25) is 5.91 Å². The van der Waals surface area contributed by atoms with Crippen molar-refractivity contribution in [3.8, 4) is 0 Å². The third-order valence-corrected chi connectivity index (χ3v) is 5.92. The standard InChI is InChI=1S/C23H40N2O3.CH4.H2/c1-4-25(5-2)22(26)15-7-6-11-19-12-8-9-16-24-17-18-28-21-14-10-13-20(27-3)23(19)21;;/h13,19,24H,4-12,14-18H2,1-3H3;1H4;1H. The molecule has 5 heteroatoms. The third-order valence-electron chi connectivity index (χ3n) is 5.92. The van der Waals surface area contributed by atoms with Crippen LogP contribution in [0.15, 0.2) is 23.2 Å². The highest BCUT2D eigenvalue weighted by Crippen LogP contribution is 2.37. The molecule has 29 heavy (non-hydrogen) atoms. The summed E-state index contributed by atoms with van der Waals surface area (Å²) in [5, 5.41) is 3.47. The number of methoxy groups -OCH3 is 1. The highest BCUT2D eigenvalue weighted by atomic mass is 16.5. The Morgan fingerprint density at radius 2 is 2.07 bits per heavy atom. The van der Waals surface area contributed by atoms with E-state index in [-0.39, 0.29) is 14.8 Å². The van der Waals surface area contributed by atoms with Crippen LogP contribution in [0.5, 0.6) is 0 Å². The topological polar surface area (TPSA) is 50.8 Å². The number of allylic oxidation sites excluding steroid dienone is 3. The van der Waals surface area contributed by atoms with Gasteiger partial charge in [-0.2, -0.15) is 0 Å². The van der Waals surface area contributed by atoms with Gasteiger partial charge in [0.05, 0.1) is 7.11 Å². The Hall–Kier alpha value is -1.49. The number of amides is 1. The molecule has 1 aliphatic heterocycles. The Labute approximate surface area is 180 Å². The van der Waals surface area contributed by atoms with Crippen LogP contribution in [-0.4, -0.2) is 50.7 Å². The first-order chi connectivity index (χ1) is 13.7. The summed E-state index contributed by atoms with van der Waals surface area (Å²) >= 11 is 0. The first kappa shape index (κ1) is 25.5. The van der Waals surface area contributed by atoms with Gasteiger partial charge in [-0.05, 0) is 64.5 Å². The van der Waals surface area contributed by atoms with Gasteiger partial charge in [-0.15, -0.1) is 0 Å². The molecule has 1 heterocycles. The normalized spacial score (nSPS) is 20.4. The lowest BCUT2D eigenvalue weighted by atomic mass is 9.83. The molecule has 0 bridgehead atoms. The third kappa shape index (κ3) is 8.04. The number of ether oxygens (including phenoxy) is 2. The minimum Gasteiger partial charge on any atom is -0.497 e. The smallest absolute Gasteiger partial charge is 0.222 e. The van der Waals surface area contributed by atoms with Crippen LogP contribution in [0, 0.1) is 5.92 Å². The quantitative estimate of drug-likeness (QED) is 0.553. The largest absolute Gasteiger partial charge is 0.497 e. The number of nitrogens with one attached hydrogen (secondary N) is 1. The van der Waals surface area contributed by atoms with Crippen molar-refractivity contribution in [2.45, 2.75) is 79.1 Å². The van der Waals surface area contributed by atoms with Crippen LogP contribution in [-0.2, 0) is 14.3 Å². The van der Waals surface area contributed by atoms with Crippen LogP contribution in [0.1, 0.15) is 80.5 Å². The van der Waals surface area contributed by atoms with Crippen molar-refractivity contribution in [1.29, 1.82) is 0 Å². The average molecular weight is 411 g/mol. The van der Waals surface area contributed by atoms with Gasteiger partial charge >= 0.3 is 0 Å². The van der Waals surface area contributed by atoms with Crippen LogP contribution in [0.25, 0.3) is 0 Å². The Morgan fingerprint density at radius 3 is 2.79 bits per heavy atom. The number of nitrogens with zero attached hydrogens (tertiary/aromatic N) is 1. The number of hydrogen-bond donors (Lipinski definition) is 1. The van der Waals surface area contributed by atoms with Gasteiger partial charge in [-0.25, -0.2) is 0 Å². The van der Waals surface area contributed by atoms with Gasteiger partial charge in [0.1, 0.15) is 18.1 Å². The van der Waals surface area contributed by atoms with Gasteiger partial charge in [-0.3, -0.25) is 4.79 Å². The molecule has 0 saturated heterocycles. The molecule has 1 unspecified atom stereocenters. The lowest BCUT2D eigenvalue weighted by Gasteiger charge is -2.28. The molecule has 0 fully saturated rings. The Bertz CT molecular complexity index is 545. The molecule has 2 aliphatic rings. The Morgan fingerprint density at radius 1 is 1.28 bits per heavy atom. The number of carbonyl (C=O) groups excluding carboxylic acids is 1. The molecule has 1 amide bonds. The zero-order chi connectivity index (χ0) is 20.2. The van der Waals surface area contributed by atoms with E-state index in [9.17, 15) is 4.79 Å². The maximum atomic E-state index is 12.3. The molecule has 0 aromatic heterocycles. The fourth-order valence-electron chi connectivity index (χ4n) is 4.33. The van der Waals surface area contributed by atoms with Gasteiger partial charge in [-0.1, -0.05) is 20.3 Å². The van der Waals surface area contributed by atoms with E-state index in [0.29, 0.717) is 12.3 Å². The summed E-state index contributed by atoms with van der Waals surface area (Å²) in [6.45, 7) is 8.40. The first-order valence-corrected chi connectivity index (χ1v) is 11.3. The molecular formula is C24H46N2O3. The highest BCUT2D eigenvalue weighted by molar-refractivity contribution is 5.76. The van der Waals surface area contributed by atoms with Gasteiger partial charge < -0.3 is 19.7 Å². The molecule has 0 aromatic rings. The zero-order valence-corrected chi connectivity index (χ0v) is 18.2. The second-order valence-corrected chi connectivity index (χ2v) is 7.75. The summed E-state index contributed by atoms with van der Waals surface area (Å²) in [7, 11) is 1.77. The number of unbranched alkanes of at least 4 members (excludes halogenated alkanes) is 1. The number of rotatable bonds is 8. The SMILES string of the molecule is C.CCN(CC)C(=O)CCCCC1CCCCNCCOC2=C1C(OC)=CCC2.[HH]. The number of hydrogen-bond acceptors (Lipinski definition) is 4. The fraction of sp³-hybridized carbons (Fsp3) is 0.792. The van der Waals surface area contributed by atoms with Crippen molar-refractivity contribution in [3.05, 3.63) is 23.2 Å². The van der Waals surface area contributed by atoms with E-state index in [2.05, 4.69) is 25.2 Å². The molecule has 5 nitrogen and oxygen atoms in total. The first-order valence-electron chi connectivity index (χ1n) is 11.3. The van der Waals surface area contributed by atoms with Gasteiger partial charge in [0.15, 0.2) is 0 Å². The second kappa shape index (κ2) is 14.5. The van der Waals surface area contributed by atoms with Crippen LogP contribution in [0.2, 0.25) is 0 Å². The summed E-state index contributed by atoms with van der Waals surface area (Å²) in [4.78, 5) is 14.2. The van der Waals surface area contributed by atoms with Gasteiger partial charge in [0.25, 0.3) is 0 Å². The Balaban J connectivity index is 0.00000420. The van der Waals surface area contributed by atoms with Gasteiger partial charge in [0, 0.05) is 39.5 Å². The van der Waals surface area contributed by atoms with Crippen LogP contribution < -0.4 is 5.32 Å². The van der Waals surface area contributed by atoms with Crippen molar-refractivity contribution < 1.29 is 15.7 Å². The number of carbonyl (C=O) groups is 1. The van der Waals surface area contributed by atoms with E-state index in [0.717, 1.165) is 82.8 Å². The predicted molar refractivity (Wildman–Crippen MR) is 123 cm³/mol. The zero-order valence-electron chi connectivity index (χ0n) is 18.2. The molecule has 0 saturated carbocycles. The minimum absolute atomic E-state index is 0. The summed E-state index contributed by atoms with van der Waals surface area (Å²) in [5.74, 6) is 2.89. The van der Waals surface area contributed by atoms with Crippen LogP contribution in [0.3, 0.4) is 0 Å². The average Bonchev–Trinajstić information content (AvgIpc) is 2.76. The highest BCUT2D eigenvalue weighted by Gasteiger charge is 2.26. The predicted octanol–water partition coefficient (Wildman–Crippen LogP) is 5.28. The van der Waals surface area contributed by atoms with E-state index in [4.69, 9.17) is 9.47 Å². The molecule has 1 N–H and O–H groups in total. The molecule has 1 atom stereocenters. The van der Waals surface area contributed by atoms with E-state index in [1.54, 1.807) is 7.11 Å². The molecule has 1 aliphatic carbocycles. The molecule has 0 radical (unpaired) electrons. The van der Waals surface area contributed by atoms with E-state index >= 15 is 0 Å². The minimum atomic E-state index is 0. The van der Waals surface area contributed by atoms with Crippen LogP contribution in [0.4, 0.5) is 0 Å². The second-order valence-electron chi connectivity index (χ2n) is 7.75. The van der Waals surface area contributed by atoms with E-state index in [1.165, 1.54) is 18.4 Å². The molecule has 2 rings (SSSR count). The summed E-state index contributed by atoms with van der Waals surface area (Å²) in [6, 6.07) is 0. The fourth-order valence-corrected chi connectivity index (χ4v) is 4.33. The molecular weight excluding hydrogens is 364 g/mol. The van der Waals surface area contributed by atoms with E-state index < -0.39 is 0 Å². The summed E-state index contributed by atoms with van der Waals surface area (Å²) in [6.07, 6.45) is 11.5. The summed E-state index contributed by atoms with van der Waals surface area (Å²) in [5.41, 5.74) is 1.30. The van der Waals surface area contributed by atoms with Crippen molar-refractivity contribution in [3.63, 3.8) is 0 Å². The van der Waals surface area contributed by atoms with Crippen molar-refractivity contribution in [2.75, 3.05) is 39.9 Å². The maximum Gasteiger partial charge on any atom is 0.222 e. The van der Waals surface area contributed by atoms with Crippen LogP contribution >= 0.6 is 0 Å². The van der Waals surface area contributed by atoms with Crippen molar-refractivity contribution in [1.82, 2.24) is 10.2 Å². The van der Waals surface area contributed by atoms with Crippen molar-refractivity contribution in [2.24, 2.45) is 5.92 Å². The summed E-state index contributed by atoms with van der Waals surface area (Å²) < 4.78 is 11.9.